The first-order chi connectivity index (χ1) is 13.3. The van der Waals surface area contributed by atoms with E-state index < -0.39 is 0 Å². The van der Waals surface area contributed by atoms with Crippen molar-refractivity contribution < 1.29 is 0 Å². The monoisotopic (exact) mass is 357 g/mol. The molecule has 0 saturated heterocycles. The Balaban J connectivity index is 2.22. The molecule has 1 aliphatic rings. The fourth-order valence-electron chi connectivity index (χ4n) is 4.02. The summed E-state index contributed by atoms with van der Waals surface area (Å²) in [6.45, 7) is 7.57. The third kappa shape index (κ3) is 7.10. The standard InChI is InChI=1S/C25H32BN/c1-3-5-14-21(13-4-2)25-19-24(18-17-22(25)20-27)26-23-15-11-9-7-6-8-10-12-16-23/h3-5,13-14,17-19,23,26H,1-2,6-12,15-16H2/b14-5-,21-13+. The van der Waals surface area contributed by atoms with Crippen LogP contribution in [0.5, 0.6) is 0 Å². The number of hydrogen-bond donors (Lipinski definition) is 0. The zero-order valence-corrected chi connectivity index (χ0v) is 16.6. The Morgan fingerprint density at radius 3 is 2.26 bits per heavy atom. The Bertz CT molecular complexity index is 710. The van der Waals surface area contributed by atoms with E-state index in [-0.39, 0.29) is 0 Å². The predicted octanol–water partition coefficient (Wildman–Crippen LogP) is 6.24. The van der Waals surface area contributed by atoms with Crippen LogP contribution in [-0.4, -0.2) is 7.28 Å². The molecular formula is C25H32BN. The van der Waals surface area contributed by atoms with Crippen LogP contribution >= 0.6 is 0 Å². The summed E-state index contributed by atoms with van der Waals surface area (Å²) in [7, 11) is 1.12. The largest absolute Gasteiger partial charge is 0.192 e. The van der Waals surface area contributed by atoms with Crippen molar-refractivity contribution in [2.45, 2.75) is 63.6 Å². The molecule has 0 spiro atoms. The van der Waals surface area contributed by atoms with E-state index in [1.807, 2.05) is 24.3 Å². The molecule has 1 aromatic carbocycles. The Morgan fingerprint density at radius 1 is 1.00 bits per heavy atom. The minimum Gasteiger partial charge on any atom is -0.192 e. The molecule has 0 aliphatic heterocycles. The molecule has 1 fully saturated rings. The zero-order valence-electron chi connectivity index (χ0n) is 16.6. The summed E-state index contributed by atoms with van der Waals surface area (Å²) in [6.07, 6.45) is 21.8. The van der Waals surface area contributed by atoms with Crippen molar-refractivity contribution in [3.63, 3.8) is 0 Å². The zero-order chi connectivity index (χ0) is 19.3. The van der Waals surface area contributed by atoms with Gasteiger partial charge in [0.1, 0.15) is 0 Å². The molecule has 1 aromatic rings. The van der Waals surface area contributed by atoms with Gasteiger partial charge in [-0.25, -0.2) is 0 Å². The predicted molar refractivity (Wildman–Crippen MR) is 121 cm³/mol. The highest BCUT2D eigenvalue weighted by molar-refractivity contribution is 6.55. The quantitative estimate of drug-likeness (QED) is 0.436. The van der Waals surface area contributed by atoms with Crippen molar-refractivity contribution in [3.05, 3.63) is 72.9 Å². The molecule has 0 radical (unpaired) electrons. The average Bonchev–Trinajstić information content (AvgIpc) is 2.70. The van der Waals surface area contributed by atoms with Crippen LogP contribution in [0.15, 0.2) is 61.7 Å². The van der Waals surface area contributed by atoms with Crippen LogP contribution in [0.2, 0.25) is 5.82 Å². The molecule has 0 N–H and O–H groups in total. The minimum absolute atomic E-state index is 0.714. The van der Waals surface area contributed by atoms with Gasteiger partial charge in [-0.3, -0.25) is 0 Å². The highest BCUT2D eigenvalue weighted by Gasteiger charge is 2.15. The number of hydrogen-bond acceptors (Lipinski definition) is 1. The van der Waals surface area contributed by atoms with E-state index in [9.17, 15) is 5.26 Å². The minimum atomic E-state index is 0.714. The van der Waals surface area contributed by atoms with Crippen LogP contribution in [0.25, 0.3) is 5.57 Å². The Morgan fingerprint density at radius 2 is 1.67 bits per heavy atom. The lowest BCUT2D eigenvalue weighted by molar-refractivity contribution is 0.503. The second kappa shape index (κ2) is 12.2. The van der Waals surface area contributed by atoms with E-state index in [0.717, 1.165) is 24.2 Å². The van der Waals surface area contributed by atoms with Crippen molar-refractivity contribution in [2.24, 2.45) is 0 Å². The maximum atomic E-state index is 9.55. The van der Waals surface area contributed by atoms with Crippen molar-refractivity contribution in [3.8, 4) is 6.07 Å². The molecule has 2 heteroatoms. The molecule has 0 aromatic heterocycles. The summed E-state index contributed by atoms with van der Waals surface area (Å²) < 4.78 is 0. The molecule has 0 bridgehead atoms. The molecule has 0 unspecified atom stereocenters. The van der Waals surface area contributed by atoms with Crippen molar-refractivity contribution >= 4 is 18.3 Å². The Kier molecular flexibility index (Phi) is 9.49. The van der Waals surface area contributed by atoms with Gasteiger partial charge in [0, 0.05) is 0 Å². The summed E-state index contributed by atoms with van der Waals surface area (Å²) >= 11 is 0. The molecule has 27 heavy (non-hydrogen) atoms. The fourth-order valence-corrected chi connectivity index (χ4v) is 4.02. The molecule has 0 heterocycles. The molecular weight excluding hydrogens is 325 g/mol. The van der Waals surface area contributed by atoms with Gasteiger partial charge in [-0.2, -0.15) is 5.26 Å². The Labute approximate surface area is 166 Å². The summed E-state index contributed by atoms with van der Waals surface area (Å²) in [6, 6.07) is 8.67. The second-order valence-electron chi connectivity index (χ2n) is 7.57. The molecule has 0 amide bonds. The van der Waals surface area contributed by atoms with Crippen LogP contribution in [0.3, 0.4) is 0 Å². The highest BCUT2D eigenvalue weighted by atomic mass is 14.2. The van der Waals surface area contributed by atoms with Gasteiger partial charge in [-0.1, -0.05) is 125 Å². The van der Waals surface area contributed by atoms with Crippen LogP contribution in [0.1, 0.15) is 68.9 Å². The second-order valence-corrected chi connectivity index (χ2v) is 7.57. The van der Waals surface area contributed by atoms with E-state index in [0.29, 0.717) is 5.56 Å². The molecule has 1 saturated carbocycles. The summed E-state index contributed by atoms with van der Waals surface area (Å²) in [4.78, 5) is 0. The van der Waals surface area contributed by atoms with Crippen LogP contribution in [-0.2, 0) is 0 Å². The number of nitriles is 1. The Hall–Kier alpha value is -2.27. The van der Waals surface area contributed by atoms with E-state index in [1.54, 1.807) is 12.2 Å². The van der Waals surface area contributed by atoms with Gasteiger partial charge >= 0.3 is 0 Å². The molecule has 2 rings (SSSR count). The van der Waals surface area contributed by atoms with Gasteiger partial charge in [0.05, 0.1) is 11.6 Å². The highest BCUT2D eigenvalue weighted by Crippen LogP contribution is 2.26. The maximum absolute atomic E-state index is 9.55. The van der Waals surface area contributed by atoms with Gasteiger partial charge < -0.3 is 0 Å². The lowest BCUT2D eigenvalue weighted by Crippen LogP contribution is -2.21. The average molecular weight is 357 g/mol. The first kappa shape index (κ1) is 21.0. The summed E-state index contributed by atoms with van der Waals surface area (Å²) in [5.74, 6) is 0.763. The van der Waals surface area contributed by atoms with E-state index in [2.05, 4.69) is 31.4 Å². The van der Waals surface area contributed by atoms with Crippen molar-refractivity contribution in [1.82, 2.24) is 0 Å². The summed E-state index contributed by atoms with van der Waals surface area (Å²) in [5.41, 5.74) is 4.06. The van der Waals surface area contributed by atoms with Gasteiger partial charge in [-0.05, 0) is 17.2 Å². The first-order valence-electron chi connectivity index (χ1n) is 10.4. The third-order valence-electron chi connectivity index (χ3n) is 5.47. The first-order valence-corrected chi connectivity index (χ1v) is 10.4. The van der Waals surface area contributed by atoms with Gasteiger partial charge in [0.15, 0.2) is 7.28 Å². The van der Waals surface area contributed by atoms with Crippen molar-refractivity contribution in [1.29, 1.82) is 5.26 Å². The fraction of sp³-hybridized carbons (Fsp3) is 0.400. The van der Waals surface area contributed by atoms with Crippen molar-refractivity contribution in [2.75, 3.05) is 0 Å². The topological polar surface area (TPSA) is 23.8 Å². The third-order valence-corrected chi connectivity index (χ3v) is 5.47. The summed E-state index contributed by atoms with van der Waals surface area (Å²) in [5, 5.41) is 9.55. The van der Waals surface area contributed by atoms with E-state index in [1.165, 1.54) is 63.3 Å². The molecule has 1 aliphatic carbocycles. The lowest BCUT2D eigenvalue weighted by atomic mass is 9.55. The molecule has 0 atom stereocenters. The van der Waals surface area contributed by atoms with Gasteiger partial charge in [-0.15, -0.1) is 0 Å². The molecule has 1 nitrogen and oxygen atoms in total. The SMILES string of the molecule is C=C/C=C\C(=C/C=C)c1cc(BC2CCCCCCCCC2)ccc1C#N. The lowest BCUT2D eigenvalue weighted by Gasteiger charge is -2.18. The number of allylic oxidation sites excluding steroid dienone is 6. The normalized spacial score (nSPS) is 17.2. The van der Waals surface area contributed by atoms with Crippen LogP contribution < -0.4 is 5.46 Å². The van der Waals surface area contributed by atoms with Gasteiger partial charge in [0.25, 0.3) is 0 Å². The number of benzene rings is 1. The van der Waals surface area contributed by atoms with E-state index in [4.69, 9.17) is 0 Å². The number of nitrogens with zero attached hydrogens (tertiary/aromatic N) is 1. The van der Waals surface area contributed by atoms with E-state index >= 15 is 0 Å². The van der Waals surface area contributed by atoms with Gasteiger partial charge in [0.2, 0.25) is 0 Å². The molecule has 140 valence electrons. The van der Waals surface area contributed by atoms with Crippen LogP contribution in [0, 0.1) is 11.3 Å². The smallest absolute Gasteiger partial charge is 0.160 e. The van der Waals surface area contributed by atoms with Crippen LogP contribution in [0.4, 0.5) is 0 Å². The number of rotatable bonds is 6. The maximum Gasteiger partial charge on any atom is 0.160 e.